The van der Waals surface area contributed by atoms with Gasteiger partial charge in [-0.25, -0.2) is 0 Å². The molecule has 2 rings (SSSR count). The lowest BCUT2D eigenvalue weighted by Gasteiger charge is -2.14. The first-order valence-corrected chi connectivity index (χ1v) is 7.08. The molecule has 1 unspecified atom stereocenters. The summed E-state index contributed by atoms with van der Waals surface area (Å²) >= 11 is 3.55. The molecular formula is C14H18BrN3O. The summed E-state index contributed by atoms with van der Waals surface area (Å²) in [5.41, 5.74) is 1.23. The average Bonchev–Trinajstić information content (AvgIpc) is 2.78. The van der Waals surface area contributed by atoms with Crippen LogP contribution in [0.25, 0.3) is 0 Å². The van der Waals surface area contributed by atoms with Crippen LogP contribution in [0.2, 0.25) is 0 Å². The van der Waals surface area contributed by atoms with Gasteiger partial charge in [0.05, 0.1) is 16.9 Å². The summed E-state index contributed by atoms with van der Waals surface area (Å²) < 4.78 is 8.43. The molecule has 1 aromatic carbocycles. The number of nitrogens with one attached hydrogen (secondary N) is 1. The Balaban J connectivity index is 2.15. The lowest BCUT2D eigenvalue weighted by Crippen LogP contribution is -2.17. The van der Waals surface area contributed by atoms with Gasteiger partial charge in [-0.2, -0.15) is 5.10 Å². The van der Waals surface area contributed by atoms with Gasteiger partial charge in [0, 0.05) is 13.1 Å². The van der Waals surface area contributed by atoms with Crippen molar-refractivity contribution in [3.8, 4) is 11.5 Å². The van der Waals surface area contributed by atoms with Crippen LogP contribution in [0.4, 0.5) is 0 Å². The van der Waals surface area contributed by atoms with Crippen molar-refractivity contribution in [1.29, 1.82) is 0 Å². The van der Waals surface area contributed by atoms with Crippen LogP contribution in [0.1, 0.15) is 25.5 Å². The van der Waals surface area contributed by atoms with Gasteiger partial charge in [0.2, 0.25) is 0 Å². The summed E-state index contributed by atoms with van der Waals surface area (Å²) in [5, 5.41) is 7.47. The number of aromatic nitrogens is 2. The topological polar surface area (TPSA) is 39.1 Å². The van der Waals surface area contributed by atoms with Gasteiger partial charge >= 0.3 is 0 Å². The number of ether oxygens (including phenoxy) is 1. The van der Waals surface area contributed by atoms with Gasteiger partial charge in [-0.3, -0.25) is 4.68 Å². The monoisotopic (exact) mass is 323 g/mol. The standard InChI is InChI=1S/C14H18BrN3O/c1-4-16-10(2)11-5-6-14(13(15)7-11)19-12-8-17-18(3)9-12/h5-10,16H,4H2,1-3H3. The summed E-state index contributed by atoms with van der Waals surface area (Å²) in [6.07, 6.45) is 3.53. The minimum atomic E-state index is 0.328. The number of aryl methyl sites for hydroxylation is 1. The van der Waals surface area contributed by atoms with E-state index in [-0.39, 0.29) is 0 Å². The highest BCUT2D eigenvalue weighted by molar-refractivity contribution is 9.10. The molecule has 4 nitrogen and oxygen atoms in total. The number of halogens is 1. The molecule has 2 aromatic rings. The van der Waals surface area contributed by atoms with Gasteiger partial charge in [0.15, 0.2) is 5.75 Å². The fraction of sp³-hybridized carbons (Fsp3) is 0.357. The van der Waals surface area contributed by atoms with Crippen molar-refractivity contribution >= 4 is 15.9 Å². The maximum Gasteiger partial charge on any atom is 0.165 e. The van der Waals surface area contributed by atoms with Gasteiger partial charge in [-0.05, 0) is 47.1 Å². The van der Waals surface area contributed by atoms with Gasteiger partial charge in [0.1, 0.15) is 5.75 Å². The Labute approximate surface area is 121 Å². The van der Waals surface area contributed by atoms with E-state index in [2.05, 4.69) is 52.3 Å². The van der Waals surface area contributed by atoms with Crippen molar-refractivity contribution in [3.63, 3.8) is 0 Å². The van der Waals surface area contributed by atoms with Crippen molar-refractivity contribution in [2.75, 3.05) is 6.54 Å². The van der Waals surface area contributed by atoms with Crippen LogP contribution in [-0.4, -0.2) is 16.3 Å². The molecule has 0 bridgehead atoms. The van der Waals surface area contributed by atoms with E-state index >= 15 is 0 Å². The summed E-state index contributed by atoms with van der Waals surface area (Å²) in [6.45, 7) is 5.20. The molecule has 0 radical (unpaired) electrons. The molecule has 1 atom stereocenters. The second kappa shape index (κ2) is 6.21. The fourth-order valence-corrected chi connectivity index (χ4v) is 2.35. The molecule has 1 N–H and O–H groups in total. The second-order valence-electron chi connectivity index (χ2n) is 4.42. The van der Waals surface area contributed by atoms with Gasteiger partial charge in [-0.1, -0.05) is 13.0 Å². The van der Waals surface area contributed by atoms with Gasteiger partial charge in [-0.15, -0.1) is 0 Å². The number of benzene rings is 1. The highest BCUT2D eigenvalue weighted by Crippen LogP contribution is 2.31. The zero-order chi connectivity index (χ0) is 13.8. The number of hydrogen-bond acceptors (Lipinski definition) is 3. The Morgan fingerprint density at radius 1 is 1.47 bits per heavy atom. The Hall–Kier alpha value is -1.33. The molecule has 0 fully saturated rings. The zero-order valence-corrected chi connectivity index (χ0v) is 12.9. The molecule has 1 heterocycles. The third kappa shape index (κ3) is 3.58. The molecule has 0 amide bonds. The molecule has 0 saturated carbocycles. The van der Waals surface area contributed by atoms with E-state index in [4.69, 9.17) is 4.74 Å². The first-order chi connectivity index (χ1) is 9.10. The average molecular weight is 324 g/mol. The van der Waals surface area contributed by atoms with E-state index in [9.17, 15) is 0 Å². The van der Waals surface area contributed by atoms with E-state index in [0.29, 0.717) is 6.04 Å². The molecule has 1 aromatic heterocycles. The maximum atomic E-state index is 5.77. The number of rotatable bonds is 5. The normalized spacial score (nSPS) is 12.4. The van der Waals surface area contributed by atoms with E-state index in [1.165, 1.54) is 5.56 Å². The summed E-state index contributed by atoms with van der Waals surface area (Å²) in [6, 6.07) is 6.46. The molecule has 102 valence electrons. The summed E-state index contributed by atoms with van der Waals surface area (Å²) in [4.78, 5) is 0. The SMILES string of the molecule is CCNC(C)c1ccc(Oc2cnn(C)c2)c(Br)c1. The Morgan fingerprint density at radius 2 is 2.26 bits per heavy atom. The molecular weight excluding hydrogens is 306 g/mol. The third-order valence-corrected chi connectivity index (χ3v) is 3.49. The van der Waals surface area contributed by atoms with Crippen LogP contribution < -0.4 is 10.1 Å². The van der Waals surface area contributed by atoms with Crippen molar-refractivity contribution in [2.24, 2.45) is 7.05 Å². The van der Waals surface area contributed by atoms with Crippen molar-refractivity contribution in [3.05, 3.63) is 40.6 Å². The molecule has 19 heavy (non-hydrogen) atoms. The highest BCUT2D eigenvalue weighted by Gasteiger charge is 2.09. The van der Waals surface area contributed by atoms with E-state index < -0.39 is 0 Å². The predicted octanol–water partition coefficient (Wildman–Crippen LogP) is 3.65. The summed E-state index contributed by atoms with van der Waals surface area (Å²) in [7, 11) is 1.86. The first-order valence-electron chi connectivity index (χ1n) is 6.29. The highest BCUT2D eigenvalue weighted by atomic mass is 79.9. The molecule has 0 aliphatic rings. The van der Waals surface area contributed by atoms with Crippen LogP contribution in [-0.2, 0) is 7.05 Å². The molecule has 0 aliphatic carbocycles. The molecule has 5 heteroatoms. The number of nitrogens with zero attached hydrogens (tertiary/aromatic N) is 2. The number of hydrogen-bond donors (Lipinski definition) is 1. The predicted molar refractivity (Wildman–Crippen MR) is 79.5 cm³/mol. The van der Waals surface area contributed by atoms with E-state index in [0.717, 1.165) is 22.5 Å². The lowest BCUT2D eigenvalue weighted by molar-refractivity contribution is 0.478. The van der Waals surface area contributed by atoms with Crippen LogP contribution >= 0.6 is 15.9 Å². The van der Waals surface area contributed by atoms with Gasteiger partial charge < -0.3 is 10.1 Å². The van der Waals surface area contributed by atoms with Crippen LogP contribution in [0.5, 0.6) is 11.5 Å². The lowest BCUT2D eigenvalue weighted by atomic mass is 10.1. The van der Waals surface area contributed by atoms with Crippen molar-refractivity contribution in [2.45, 2.75) is 19.9 Å². The quantitative estimate of drug-likeness (QED) is 0.912. The Morgan fingerprint density at radius 3 is 2.84 bits per heavy atom. The minimum absolute atomic E-state index is 0.328. The maximum absolute atomic E-state index is 5.77. The van der Waals surface area contributed by atoms with E-state index in [1.807, 2.05) is 19.3 Å². The fourth-order valence-electron chi connectivity index (χ4n) is 1.87. The first kappa shape index (κ1) is 14.1. The van der Waals surface area contributed by atoms with Crippen molar-refractivity contribution in [1.82, 2.24) is 15.1 Å². The Bertz CT molecular complexity index is 553. The summed E-state index contributed by atoms with van der Waals surface area (Å²) in [5.74, 6) is 1.52. The molecule has 0 aliphatic heterocycles. The van der Waals surface area contributed by atoms with Gasteiger partial charge in [0.25, 0.3) is 0 Å². The van der Waals surface area contributed by atoms with Crippen LogP contribution in [0, 0.1) is 0 Å². The molecule has 0 spiro atoms. The second-order valence-corrected chi connectivity index (χ2v) is 5.28. The zero-order valence-electron chi connectivity index (χ0n) is 11.4. The minimum Gasteiger partial charge on any atom is -0.453 e. The van der Waals surface area contributed by atoms with Crippen molar-refractivity contribution < 1.29 is 4.74 Å². The largest absolute Gasteiger partial charge is 0.453 e. The van der Waals surface area contributed by atoms with Crippen LogP contribution in [0.15, 0.2) is 35.1 Å². The van der Waals surface area contributed by atoms with Crippen LogP contribution in [0.3, 0.4) is 0 Å². The third-order valence-electron chi connectivity index (χ3n) is 2.88. The smallest absolute Gasteiger partial charge is 0.165 e. The molecule has 0 saturated heterocycles. The van der Waals surface area contributed by atoms with E-state index in [1.54, 1.807) is 10.9 Å². The Kier molecular flexibility index (Phi) is 4.61.